The first-order valence-electron chi connectivity index (χ1n) is 19.3. The molecule has 0 unspecified atom stereocenters. The number of fused-ring (bicyclic) bond motifs is 5. The second kappa shape index (κ2) is 13.6. The summed E-state index contributed by atoms with van der Waals surface area (Å²) < 4.78 is 2.36. The molecular weight excluding hydrogens is 693 g/mol. The minimum Gasteiger partial charge on any atom is -0.309 e. The molecular formula is C53H34N4. The van der Waals surface area contributed by atoms with E-state index in [1.54, 1.807) is 0 Å². The number of hydrogen-bond acceptors (Lipinski definition) is 3. The third-order valence-corrected chi connectivity index (χ3v) is 11.1. The van der Waals surface area contributed by atoms with Crippen LogP contribution in [0.2, 0.25) is 0 Å². The smallest absolute Gasteiger partial charge is 0.164 e. The summed E-state index contributed by atoms with van der Waals surface area (Å²) in [6.07, 6.45) is 0. The van der Waals surface area contributed by atoms with Crippen molar-refractivity contribution in [2.45, 2.75) is 0 Å². The van der Waals surface area contributed by atoms with E-state index < -0.39 is 0 Å². The van der Waals surface area contributed by atoms with Gasteiger partial charge in [-0.25, -0.2) is 15.0 Å². The molecule has 266 valence electrons. The first kappa shape index (κ1) is 32.7. The predicted octanol–water partition coefficient (Wildman–Crippen LogP) is 13.6. The van der Waals surface area contributed by atoms with Crippen molar-refractivity contribution in [1.29, 1.82) is 0 Å². The molecule has 57 heavy (non-hydrogen) atoms. The molecule has 0 radical (unpaired) electrons. The van der Waals surface area contributed by atoms with Crippen molar-refractivity contribution in [2.24, 2.45) is 0 Å². The van der Waals surface area contributed by atoms with Gasteiger partial charge < -0.3 is 4.57 Å². The maximum atomic E-state index is 5.27. The quantitative estimate of drug-likeness (QED) is 0.171. The lowest BCUT2D eigenvalue weighted by Crippen LogP contribution is -2.01. The van der Waals surface area contributed by atoms with Crippen LogP contribution >= 0.6 is 0 Å². The maximum Gasteiger partial charge on any atom is 0.164 e. The second-order valence-electron chi connectivity index (χ2n) is 14.4. The normalized spacial score (nSPS) is 11.5. The lowest BCUT2D eigenvalue weighted by Gasteiger charge is -2.15. The van der Waals surface area contributed by atoms with E-state index in [9.17, 15) is 0 Å². The maximum absolute atomic E-state index is 5.27. The molecule has 2 aromatic heterocycles. The molecule has 0 amide bonds. The minimum atomic E-state index is 0.638. The second-order valence-corrected chi connectivity index (χ2v) is 14.4. The van der Waals surface area contributed by atoms with Crippen LogP contribution in [0.3, 0.4) is 0 Å². The lowest BCUT2D eigenvalue weighted by molar-refractivity contribution is 1.08. The van der Waals surface area contributed by atoms with E-state index in [4.69, 9.17) is 15.0 Å². The van der Waals surface area contributed by atoms with Gasteiger partial charge in [-0.1, -0.05) is 176 Å². The van der Waals surface area contributed by atoms with Gasteiger partial charge in [0.05, 0.1) is 11.0 Å². The summed E-state index contributed by atoms with van der Waals surface area (Å²) in [5.74, 6) is 1.92. The highest BCUT2D eigenvalue weighted by Crippen LogP contribution is 2.39. The van der Waals surface area contributed by atoms with Gasteiger partial charge in [-0.15, -0.1) is 0 Å². The molecule has 4 heteroatoms. The van der Waals surface area contributed by atoms with Crippen molar-refractivity contribution in [3.05, 3.63) is 206 Å². The third kappa shape index (κ3) is 5.58. The summed E-state index contributed by atoms with van der Waals surface area (Å²) in [6.45, 7) is 0. The zero-order valence-electron chi connectivity index (χ0n) is 30.9. The van der Waals surface area contributed by atoms with Gasteiger partial charge in [0.2, 0.25) is 0 Å². The molecule has 0 aliphatic carbocycles. The Hall–Kier alpha value is -7.69. The van der Waals surface area contributed by atoms with Crippen LogP contribution in [0.5, 0.6) is 0 Å². The van der Waals surface area contributed by atoms with Crippen LogP contribution < -0.4 is 0 Å². The SMILES string of the molecule is c1ccc(-c2nc(-c3cccc4c(-c5ccccc5)cccc34)nc(-c3ccc(-c4ccc(-n5c6ccccc6c6ccccc65)cc4)c4ccccc34)n2)cc1. The van der Waals surface area contributed by atoms with E-state index in [1.807, 2.05) is 18.2 Å². The van der Waals surface area contributed by atoms with Gasteiger partial charge in [0.25, 0.3) is 0 Å². The molecule has 0 atom stereocenters. The van der Waals surface area contributed by atoms with Crippen molar-refractivity contribution in [3.8, 4) is 62.1 Å². The summed E-state index contributed by atoms with van der Waals surface area (Å²) in [5, 5.41) is 6.99. The van der Waals surface area contributed by atoms with Crippen molar-refractivity contribution in [2.75, 3.05) is 0 Å². The molecule has 0 N–H and O–H groups in total. The topological polar surface area (TPSA) is 43.6 Å². The molecule has 0 fully saturated rings. The monoisotopic (exact) mass is 726 g/mol. The van der Waals surface area contributed by atoms with Gasteiger partial charge in [-0.05, 0) is 74.1 Å². The third-order valence-electron chi connectivity index (χ3n) is 11.1. The molecule has 0 saturated heterocycles. The molecule has 0 saturated carbocycles. The summed E-state index contributed by atoms with van der Waals surface area (Å²) in [4.78, 5) is 15.6. The van der Waals surface area contributed by atoms with E-state index in [-0.39, 0.29) is 0 Å². The van der Waals surface area contributed by atoms with Crippen LogP contribution in [0.15, 0.2) is 206 Å². The van der Waals surface area contributed by atoms with E-state index in [0.717, 1.165) is 55.0 Å². The first-order chi connectivity index (χ1) is 28.3. The van der Waals surface area contributed by atoms with Gasteiger partial charge in [-0.2, -0.15) is 0 Å². The molecule has 9 aromatic carbocycles. The van der Waals surface area contributed by atoms with Crippen molar-refractivity contribution < 1.29 is 0 Å². The van der Waals surface area contributed by atoms with E-state index >= 15 is 0 Å². The Balaban J connectivity index is 1.05. The Kier molecular flexibility index (Phi) is 7.78. The number of para-hydroxylation sites is 2. The minimum absolute atomic E-state index is 0.638. The highest BCUT2D eigenvalue weighted by atomic mass is 15.0. The highest BCUT2D eigenvalue weighted by Gasteiger charge is 2.18. The molecule has 2 heterocycles. The van der Waals surface area contributed by atoms with E-state index in [1.165, 1.54) is 32.9 Å². The van der Waals surface area contributed by atoms with Crippen LogP contribution in [0.25, 0.3) is 105 Å². The summed E-state index contributed by atoms with van der Waals surface area (Å²) in [6, 6.07) is 72.8. The Bertz CT molecular complexity index is 3220. The lowest BCUT2D eigenvalue weighted by atomic mass is 9.94. The summed E-state index contributed by atoms with van der Waals surface area (Å²) in [5.41, 5.74) is 11.1. The Labute approximate surface area is 330 Å². The number of rotatable bonds is 6. The standard InChI is InChI=1S/C53H34N4/c1-3-15-35(16-4-1)39-23-13-25-44-42(39)24-14-26-47(44)52-54-51(37-17-5-2-6-18-37)55-53(56-52)48-34-33-40(41-19-7-8-20-43(41)48)36-29-31-38(32-30-36)57-49-27-11-9-21-45(49)46-22-10-12-28-50(46)57/h1-34H. The van der Waals surface area contributed by atoms with E-state index in [0.29, 0.717) is 17.5 Å². The molecule has 0 spiro atoms. The Morgan fingerprint density at radius 3 is 1.23 bits per heavy atom. The molecule has 4 nitrogen and oxygen atoms in total. The van der Waals surface area contributed by atoms with Crippen molar-refractivity contribution >= 4 is 43.4 Å². The number of nitrogens with zero attached hydrogens (tertiary/aromatic N) is 4. The molecule has 0 aliphatic rings. The average Bonchev–Trinajstić information content (AvgIpc) is 3.63. The fourth-order valence-electron chi connectivity index (χ4n) is 8.44. The predicted molar refractivity (Wildman–Crippen MR) is 236 cm³/mol. The van der Waals surface area contributed by atoms with Crippen LogP contribution in [-0.2, 0) is 0 Å². The summed E-state index contributed by atoms with van der Waals surface area (Å²) >= 11 is 0. The average molecular weight is 727 g/mol. The number of benzene rings is 9. The fraction of sp³-hybridized carbons (Fsp3) is 0. The molecule has 11 aromatic rings. The molecule has 11 rings (SSSR count). The molecule has 0 bridgehead atoms. The van der Waals surface area contributed by atoms with Crippen LogP contribution in [0.1, 0.15) is 0 Å². The molecule has 0 aliphatic heterocycles. The van der Waals surface area contributed by atoms with Gasteiger partial charge in [-0.3, -0.25) is 0 Å². The number of aromatic nitrogens is 4. The Morgan fingerprint density at radius 2 is 0.632 bits per heavy atom. The zero-order valence-corrected chi connectivity index (χ0v) is 30.9. The van der Waals surface area contributed by atoms with Crippen LogP contribution in [-0.4, -0.2) is 19.5 Å². The fourth-order valence-corrected chi connectivity index (χ4v) is 8.44. The van der Waals surface area contributed by atoms with Gasteiger partial charge >= 0.3 is 0 Å². The number of hydrogen-bond donors (Lipinski definition) is 0. The van der Waals surface area contributed by atoms with Crippen molar-refractivity contribution in [1.82, 2.24) is 19.5 Å². The van der Waals surface area contributed by atoms with Crippen molar-refractivity contribution in [3.63, 3.8) is 0 Å². The van der Waals surface area contributed by atoms with Gasteiger partial charge in [0.15, 0.2) is 17.5 Å². The summed E-state index contributed by atoms with van der Waals surface area (Å²) in [7, 11) is 0. The first-order valence-corrected chi connectivity index (χ1v) is 19.3. The highest BCUT2D eigenvalue weighted by molar-refractivity contribution is 6.10. The van der Waals surface area contributed by atoms with Crippen LogP contribution in [0, 0.1) is 0 Å². The largest absolute Gasteiger partial charge is 0.309 e. The van der Waals surface area contributed by atoms with Gasteiger partial charge in [0, 0.05) is 33.2 Å². The Morgan fingerprint density at radius 1 is 0.246 bits per heavy atom. The van der Waals surface area contributed by atoms with Crippen LogP contribution in [0.4, 0.5) is 0 Å². The van der Waals surface area contributed by atoms with E-state index in [2.05, 4.69) is 193 Å². The zero-order chi connectivity index (χ0) is 37.7. The van der Waals surface area contributed by atoms with Gasteiger partial charge in [0.1, 0.15) is 0 Å².